The molecule has 2 unspecified atom stereocenters. The number of anilines is 1. The van der Waals surface area contributed by atoms with Gasteiger partial charge in [0.05, 0.1) is 29.0 Å². The zero-order valence-corrected chi connectivity index (χ0v) is 18.0. The van der Waals surface area contributed by atoms with Crippen LogP contribution >= 0.6 is 0 Å². The highest BCUT2D eigenvalue weighted by molar-refractivity contribution is 7.91. The van der Waals surface area contributed by atoms with E-state index in [9.17, 15) is 13.2 Å². The maximum atomic E-state index is 13.2. The molecule has 1 amide bonds. The molecule has 160 valence electrons. The monoisotopic (exact) mass is 421 g/mol. The minimum Gasteiger partial charge on any atom is -0.496 e. The minimum atomic E-state index is -3.55. The maximum Gasteiger partial charge on any atom is 0.255 e. The number of rotatable bonds is 8. The maximum absolute atomic E-state index is 13.2. The molecular formula is C21H31N3O4S. The Balaban J connectivity index is 1.89. The number of nitrogen functional groups attached to an aromatic ring is 1. The minimum absolute atomic E-state index is 0.0278. The lowest BCUT2D eigenvalue weighted by atomic mass is 9.97. The molecule has 1 aromatic rings. The van der Waals surface area contributed by atoms with Crippen LogP contribution in [0.3, 0.4) is 0 Å². The first-order valence-corrected chi connectivity index (χ1v) is 11.9. The van der Waals surface area contributed by atoms with Gasteiger partial charge in [-0.05, 0) is 51.1 Å². The fraction of sp³-hybridized carbons (Fsp3) is 0.571. The van der Waals surface area contributed by atoms with Gasteiger partial charge >= 0.3 is 0 Å². The van der Waals surface area contributed by atoms with E-state index in [0.717, 1.165) is 45.1 Å². The molecule has 0 radical (unpaired) electrons. The third-order valence-electron chi connectivity index (χ3n) is 5.81. The first kappa shape index (κ1) is 21.6. The van der Waals surface area contributed by atoms with E-state index in [1.165, 1.54) is 24.8 Å². The smallest absolute Gasteiger partial charge is 0.255 e. The van der Waals surface area contributed by atoms with Gasteiger partial charge < -0.3 is 21.1 Å². The Labute approximate surface area is 173 Å². The summed E-state index contributed by atoms with van der Waals surface area (Å²) in [6.07, 6.45) is 8.50. The molecule has 2 atom stereocenters. The zero-order chi connectivity index (χ0) is 21.0. The summed E-state index contributed by atoms with van der Waals surface area (Å²) >= 11 is 0. The van der Waals surface area contributed by atoms with Gasteiger partial charge in [0, 0.05) is 18.2 Å². The number of amides is 1. The van der Waals surface area contributed by atoms with Crippen molar-refractivity contribution in [3.63, 3.8) is 0 Å². The number of methoxy groups -OCH3 is 1. The lowest BCUT2D eigenvalue weighted by Gasteiger charge is -2.26. The van der Waals surface area contributed by atoms with E-state index in [1.807, 2.05) is 0 Å². The SMILES string of the molecule is CCS(=O)(=O)c1cc(C(=O)NC(CC2=CCCC2)C2CCCN2)c(OC)cc1N. The predicted octanol–water partition coefficient (Wildman–Crippen LogP) is 2.42. The molecule has 1 heterocycles. The largest absolute Gasteiger partial charge is 0.496 e. The Bertz CT molecular complexity index is 889. The molecule has 8 heteroatoms. The average Bonchev–Trinajstić information content (AvgIpc) is 3.40. The molecule has 1 fully saturated rings. The zero-order valence-electron chi connectivity index (χ0n) is 17.2. The second kappa shape index (κ2) is 9.17. The number of carbonyl (C=O) groups excluding carboxylic acids is 1. The summed E-state index contributed by atoms with van der Waals surface area (Å²) in [5, 5.41) is 6.62. The molecule has 4 N–H and O–H groups in total. The van der Waals surface area contributed by atoms with Gasteiger partial charge in [-0.3, -0.25) is 4.79 Å². The third-order valence-corrected chi connectivity index (χ3v) is 7.59. The van der Waals surface area contributed by atoms with Gasteiger partial charge in [-0.1, -0.05) is 18.6 Å². The molecular weight excluding hydrogens is 390 g/mol. The summed E-state index contributed by atoms with van der Waals surface area (Å²) in [5.74, 6) is -0.159. The average molecular weight is 422 g/mol. The van der Waals surface area contributed by atoms with Crippen LogP contribution in [0, 0.1) is 0 Å². The molecule has 0 spiro atoms. The van der Waals surface area contributed by atoms with Crippen LogP contribution in [-0.2, 0) is 9.84 Å². The van der Waals surface area contributed by atoms with Crippen molar-refractivity contribution in [2.24, 2.45) is 0 Å². The molecule has 0 bridgehead atoms. The van der Waals surface area contributed by atoms with Crippen LogP contribution in [0.25, 0.3) is 0 Å². The molecule has 0 aromatic heterocycles. The van der Waals surface area contributed by atoms with Crippen LogP contribution in [0.5, 0.6) is 5.75 Å². The fourth-order valence-electron chi connectivity index (χ4n) is 4.15. The Morgan fingerprint density at radius 2 is 2.17 bits per heavy atom. The number of nitrogens with two attached hydrogens (primary N) is 1. The number of benzene rings is 1. The molecule has 7 nitrogen and oxygen atoms in total. The van der Waals surface area contributed by atoms with Gasteiger partial charge in [-0.25, -0.2) is 8.42 Å². The number of hydrogen-bond donors (Lipinski definition) is 3. The van der Waals surface area contributed by atoms with Gasteiger partial charge in [0.15, 0.2) is 9.84 Å². The van der Waals surface area contributed by atoms with E-state index in [-0.39, 0.29) is 45.6 Å². The van der Waals surface area contributed by atoms with Crippen molar-refractivity contribution >= 4 is 21.4 Å². The molecule has 2 aliphatic rings. The first-order chi connectivity index (χ1) is 13.9. The number of carbonyl (C=O) groups is 1. The van der Waals surface area contributed by atoms with Crippen LogP contribution < -0.4 is 21.1 Å². The van der Waals surface area contributed by atoms with E-state index in [4.69, 9.17) is 10.5 Å². The fourth-order valence-corrected chi connectivity index (χ4v) is 5.17. The molecule has 1 aliphatic heterocycles. The lowest BCUT2D eigenvalue weighted by molar-refractivity contribution is 0.0925. The Morgan fingerprint density at radius 3 is 2.76 bits per heavy atom. The number of ether oxygens (including phenoxy) is 1. The van der Waals surface area contributed by atoms with Crippen LogP contribution in [0.15, 0.2) is 28.7 Å². The Morgan fingerprint density at radius 1 is 1.38 bits per heavy atom. The van der Waals surface area contributed by atoms with Crippen molar-refractivity contribution in [1.82, 2.24) is 10.6 Å². The van der Waals surface area contributed by atoms with Crippen molar-refractivity contribution < 1.29 is 17.9 Å². The van der Waals surface area contributed by atoms with Crippen molar-refractivity contribution in [2.75, 3.05) is 25.1 Å². The van der Waals surface area contributed by atoms with E-state index in [2.05, 4.69) is 16.7 Å². The standard InChI is InChI=1S/C21H31N3O4S/c1-3-29(26,27)20-12-15(19(28-2)13-16(20)22)21(25)24-18(17-9-6-10-23-17)11-14-7-4-5-8-14/h7,12-13,17-18,23H,3-6,8-11,22H2,1-2H3,(H,24,25). The molecule has 1 saturated heterocycles. The van der Waals surface area contributed by atoms with E-state index >= 15 is 0 Å². The molecule has 0 saturated carbocycles. The summed E-state index contributed by atoms with van der Waals surface area (Å²) < 4.78 is 30.1. The summed E-state index contributed by atoms with van der Waals surface area (Å²) in [6, 6.07) is 2.91. The summed E-state index contributed by atoms with van der Waals surface area (Å²) in [5.41, 5.74) is 7.59. The van der Waals surface area contributed by atoms with Crippen molar-refractivity contribution in [3.05, 3.63) is 29.3 Å². The van der Waals surface area contributed by atoms with Crippen LogP contribution in [-0.4, -0.2) is 45.8 Å². The van der Waals surface area contributed by atoms with Gasteiger partial charge in [-0.15, -0.1) is 0 Å². The third kappa shape index (κ3) is 4.93. The highest BCUT2D eigenvalue weighted by Gasteiger charge is 2.29. The van der Waals surface area contributed by atoms with Crippen LogP contribution in [0.1, 0.15) is 55.8 Å². The predicted molar refractivity (Wildman–Crippen MR) is 114 cm³/mol. The van der Waals surface area contributed by atoms with Crippen LogP contribution in [0.4, 0.5) is 5.69 Å². The molecule has 29 heavy (non-hydrogen) atoms. The number of hydrogen-bond acceptors (Lipinski definition) is 6. The topological polar surface area (TPSA) is 111 Å². The second-order valence-electron chi connectivity index (χ2n) is 7.74. The molecule has 1 aliphatic carbocycles. The number of allylic oxidation sites excluding steroid dienone is 1. The molecule has 3 rings (SSSR count). The van der Waals surface area contributed by atoms with E-state index < -0.39 is 9.84 Å². The van der Waals surface area contributed by atoms with Crippen molar-refractivity contribution in [1.29, 1.82) is 0 Å². The van der Waals surface area contributed by atoms with Crippen LogP contribution in [0.2, 0.25) is 0 Å². The lowest BCUT2D eigenvalue weighted by Crippen LogP contribution is -2.47. The quantitative estimate of drug-likeness (QED) is 0.439. The summed E-state index contributed by atoms with van der Waals surface area (Å²) in [4.78, 5) is 13.1. The van der Waals surface area contributed by atoms with Crippen molar-refractivity contribution in [2.45, 2.75) is 62.4 Å². The van der Waals surface area contributed by atoms with Gasteiger partial charge in [0.2, 0.25) is 0 Å². The Hall–Kier alpha value is -2.06. The van der Waals surface area contributed by atoms with Gasteiger partial charge in [0.1, 0.15) is 5.75 Å². The van der Waals surface area contributed by atoms with Crippen molar-refractivity contribution in [3.8, 4) is 5.75 Å². The Kier molecular flexibility index (Phi) is 6.85. The summed E-state index contributed by atoms with van der Waals surface area (Å²) in [7, 11) is -2.11. The highest BCUT2D eigenvalue weighted by Crippen LogP contribution is 2.30. The first-order valence-electron chi connectivity index (χ1n) is 10.3. The van der Waals surface area contributed by atoms with E-state index in [1.54, 1.807) is 6.92 Å². The normalized spacial score (nSPS) is 20.3. The van der Waals surface area contributed by atoms with Gasteiger partial charge in [0.25, 0.3) is 5.91 Å². The second-order valence-corrected chi connectivity index (χ2v) is 9.98. The number of sulfone groups is 1. The van der Waals surface area contributed by atoms with E-state index in [0.29, 0.717) is 0 Å². The highest BCUT2D eigenvalue weighted by atomic mass is 32.2. The van der Waals surface area contributed by atoms with Gasteiger partial charge in [-0.2, -0.15) is 0 Å². The molecule has 1 aromatic carbocycles. The summed E-state index contributed by atoms with van der Waals surface area (Å²) in [6.45, 7) is 2.50. The number of nitrogens with one attached hydrogen (secondary N) is 2.